The fourth-order valence-electron chi connectivity index (χ4n) is 2.36. The van der Waals surface area contributed by atoms with Crippen LogP contribution in [0.2, 0.25) is 0 Å². The molecule has 0 radical (unpaired) electrons. The zero-order valence-corrected chi connectivity index (χ0v) is 12.4. The first-order valence-corrected chi connectivity index (χ1v) is 7.01. The first-order chi connectivity index (χ1) is 9.52. The highest BCUT2D eigenvalue weighted by atomic mass is 16.5. The van der Waals surface area contributed by atoms with Gasteiger partial charge in [0.2, 0.25) is 0 Å². The summed E-state index contributed by atoms with van der Waals surface area (Å²) < 4.78 is 5.06. The van der Waals surface area contributed by atoms with E-state index >= 15 is 0 Å². The van der Waals surface area contributed by atoms with Crippen molar-refractivity contribution in [2.75, 3.05) is 26.8 Å². The lowest BCUT2D eigenvalue weighted by atomic mass is 10.1. The molecule has 5 nitrogen and oxygen atoms in total. The van der Waals surface area contributed by atoms with Crippen molar-refractivity contribution in [2.24, 2.45) is 5.92 Å². The molecule has 5 heteroatoms. The SMILES string of the molecule is COCCN(CC1CC1)C(=O)c1c(C)[nH]c(C)cc1=O. The Balaban J connectivity index is 2.23. The number of aryl methyl sites for hydroxylation is 2. The summed E-state index contributed by atoms with van der Waals surface area (Å²) in [5.74, 6) is 0.397. The number of nitrogens with one attached hydrogen (secondary N) is 1. The van der Waals surface area contributed by atoms with Gasteiger partial charge >= 0.3 is 0 Å². The van der Waals surface area contributed by atoms with E-state index in [0.717, 1.165) is 12.2 Å². The van der Waals surface area contributed by atoms with Crippen LogP contribution in [-0.2, 0) is 4.74 Å². The molecule has 1 fully saturated rings. The number of ether oxygens (including phenoxy) is 1. The van der Waals surface area contributed by atoms with Gasteiger partial charge in [0.25, 0.3) is 5.91 Å². The van der Waals surface area contributed by atoms with Gasteiger partial charge in [-0.25, -0.2) is 0 Å². The molecule has 1 aromatic heterocycles. The number of H-pyrrole nitrogens is 1. The highest BCUT2D eigenvalue weighted by Gasteiger charge is 2.28. The number of carbonyl (C=O) groups excluding carboxylic acids is 1. The fourth-order valence-corrected chi connectivity index (χ4v) is 2.36. The third-order valence-electron chi connectivity index (χ3n) is 3.60. The molecule has 1 amide bonds. The van der Waals surface area contributed by atoms with Crippen LogP contribution in [-0.4, -0.2) is 42.6 Å². The lowest BCUT2D eigenvalue weighted by Crippen LogP contribution is -2.38. The molecule has 0 saturated heterocycles. The Morgan fingerprint density at radius 2 is 2.15 bits per heavy atom. The number of aromatic nitrogens is 1. The molecule has 0 aromatic carbocycles. The average molecular weight is 278 g/mol. The third kappa shape index (κ3) is 3.48. The Labute approximate surface area is 118 Å². The molecule has 20 heavy (non-hydrogen) atoms. The van der Waals surface area contributed by atoms with Crippen LogP contribution in [0.15, 0.2) is 10.9 Å². The van der Waals surface area contributed by atoms with Gasteiger partial charge in [0.1, 0.15) is 5.56 Å². The first kappa shape index (κ1) is 14.8. The predicted molar refractivity (Wildman–Crippen MR) is 77.0 cm³/mol. The van der Waals surface area contributed by atoms with Gasteiger partial charge in [0, 0.05) is 37.7 Å². The Bertz CT molecular complexity index is 547. The average Bonchev–Trinajstić information content (AvgIpc) is 3.16. The standard InChI is InChI=1S/C15H22N2O3/c1-10-8-13(18)14(11(2)16-10)15(19)17(6-7-20-3)9-12-4-5-12/h8,12H,4-7,9H2,1-3H3,(H,16,18). The lowest BCUT2D eigenvalue weighted by molar-refractivity contribution is 0.0683. The van der Waals surface area contributed by atoms with Gasteiger partial charge in [-0.05, 0) is 32.6 Å². The normalized spacial score (nSPS) is 14.3. The monoisotopic (exact) mass is 278 g/mol. The maximum absolute atomic E-state index is 12.6. The second kappa shape index (κ2) is 6.22. The van der Waals surface area contributed by atoms with Crippen molar-refractivity contribution in [3.63, 3.8) is 0 Å². The quantitative estimate of drug-likeness (QED) is 0.857. The van der Waals surface area contributed by atoms with E-state index in [-0.39, 0.29) is 16.9 Å². The van der Waals surface area contributed by atoms with Gasteiger partial charge in [0.15, 0.2) is 5.43 Å². The van der Waals surface area contributed by atoms with Crippen molar-refractivity contribution in [1.82, 2.24) is 9.88 Å². The van der Waals surface area contributed by atoms with Crippen LogP contribution in [0, 0.1) is 19.8 Å². The number of hydrogen-bond acceptors (Lipinski definition) is 3. The lowest BCUT2D eigenvalue weighted by Gasteiger charge is -2.22. The Hall–Kier alpha value is -1.62. The van der Waals surface area contributed by atoms with Crippen LogP contribution < -0.4 is 5.43 Å². The van der Waals surface area contributed by atoms with Gasteiger partial charge in [-0.15, -0.1) is 0 Å². The first-order valence-electron chi connectivity index (χ1n) is 7.01. The van der Waals surface area contributed by atoms with Gasteiger partial charge < -0.3 is 14.6 Å². The molecule has 1 saturated carbocycles. The second-order valence-corrected chi connectivity index (χ2v) is 5.50. The zero-order valence-electron chi connectivity index (χ0n) is 12.4. The van der Waals surface area contributed by atoms with Gasteiger partial charge in [-0.1, -0.05) is 0 Å². The maximum atomic E-state index is 12.6. The van der Waals surface area contributed by atoms with Gasteiger partial charge in [-0.3, -0.25) is 9.59 Å². The molecule has 0 atom stereocenters. The molecular formula is C15H22N2O3. The molecule has 1 aliphatic rings. The van der Waals surface area contributed by atoms with E-state index < -0.39 is 0 Å². The van der Waals surface area contributed by atoms with Crippen molar-refractivity contribution >= 4 is 5.91 Å². The third-order valence-corrected chi connectivity index (χ3v) is 3.60. The van der Waals surface area contributed by atoms with E-state index in [1.165, 1.54) is 18.9 Å². The molecule has 2 rings (SSSR count). The fraction of sp³-hybridized carbons (Fsp3) is 0.600. The Morgan fingerprint density at radius 3 is 2.70 bits per heavy atom. The van der Waals surface area contributed by atoms with Crippen LogP contribution in [0.1, 0.15) is 34.6 Å². The van der Waals surface area contributed by atoms with Crippen LogP contribution in [0.4, 0.5) is 0 Å². The van der Waals surface area contributed by atoms with E-state index in [1.54, 1.807) is 18.9 Å². The minimum absolute atomic E-state index is 0.187. The molecule has 110 valence electrons. The summed E-state index contributed by atoms with van der Waals surface area (Å²) in [7, 11) is 1.61. The molecular weight excluding hydrogens is 256 g/mol. The number of pyridine rings is 1. The largest absolute Gasteiger partial charge is 0.383 e. The number of methoxy groups -OCH3 is 1. The van der Waals surface area contributed by atoms with Crippen LogP contribution in [0.25, 0.3) is 0 Å². The minimum atomic E-state index is -0.207. The number of aromatic amines is 1. The highest BCUT2D eigenvalue weighted by molar-refractivity contribution is 5.95. The predicted octanol–water partition coefficient (Wildman–Crippen LogP) is 1.49. The minimum Gasteiger partial charge on any atom is -0.383 e. The molecule has 1 N–H and O–H groups in total. The van der Waals surface area contributed by atoms with Gasteiger partial charge in [0.05, 0.1) is 6.61 Å². The van der Waals surface area contributed by atoms with E-state index in [2.05, 4.69) is 4.98 Å². The Morgan fingerprint density at radius 1 is 1.45 bits per heavy atom. The van der Waals surface area contributed by atoms with E-state index in [1.807, 2.05) is 6.92 Å². The summed E-state index contributed by atoms with van der Waals surface area (Å²) in [4.78, 5) is 29.5. The molecule has 1 aromatic rings. The van der Waals surface area contributed by atoms with E-state index in [0.29, 0.717) is 24.8 Å². The summed E-state index contributed by atoms with van der Waals surface area (Å²) in [5.41, 5.74) is 1.46. The van der Waals surface area contributed by atoms with Crippen molar-refractivity contribution in [3.8, 4) is 0 Å². The molecule has 0 spiro atoms. The molecule has 0 aliphatic heterocycles. The number of rotatable bonds is 6. The van der Waals surface area contributed by atoms with Crippen LogP contribution in [0.5, 0.6) is 0 Å². The van der Waals surface area contributed by atoms with Crippen molar-refractivity contribution < 1.29 is 9.53 Å². The Kier molecular flexibility index (Phi) is 4.60. The topological polar surface area (TPSA) is 62.4 Å². The maximum Gasteiger partial charge on any atom is 0.259 e. The number of amides is 1. The van der Waals surface area contributed by atoms with Crippen molar-refractivity contribution in [2.45, 2.75) is 26.7 Å². The van der Waals surface area contributed by atoms with Gasteiger partial charge in [-0.2, -0.15) is 0 Å². The van der Waals surface area contributed by atoms with Crippen molar-refractivity contribution in [3.05, 3.63) is 33.2 Å². The summed E-state index contributed by atoms with van der Waals surface area (Å²) in [5, 5.41) is 0. The zero-order chi connectivity index (χ0) is 14.7. The van der Waals surface area contributed by atoms with E-state index in [4.69, 9.17) is 4.74 Å². The van der Waals surface area contributed by atoms with Crippen LogP contribution >= 0.6 is 0 Å². The smallest absolute Gasteiger partial charge is 0.259 e. The van der Waals surface area contributed by atoms with Crippen LogP contribution in [0.3, 0.4) is 0 Å². The molecule has 1 heterocycles. The summed E-state index contributed by atoms with van der Waals surface area (Å²) in [6.45, 7) is 5.32. The number of hydrogen-bond donors (Lipinski definition) is 1. The van der Waals surface area contributed by atoms with E-state index in [9.17, 15) is 9.59 Å². The highest BCUT2D eigenvalue weighted by Crippen LogP contribution is 2.30. The summed E-state index contributed by atoms with van der Waals surface area (Å²) in [6, 6.07) is 1.48. The molecule has 1 aliphatic carbocycles. The summed E-state index contributed by atoms with van der Waals surface area (Å²) in [6.07, 6.45) is 2.33. The van der Waals surface area contributed by atoms with Crippen molar-refractivity contribution in [1.29, 1.82) is 0 Å². The number of nitrogens with zero attached hydrogens (tertiary/aromatic N) is 1. The second-order valence-electron chi connectivity index (χ2n) is 5.50. The number of carbonyl (C=O) groups is 1. The molecule has 0 unspecified atom stereocenters. The summed E-state index contributed by atoms with van der Waals surface area (Å²) >= 11 is 0. The molecule has 0 bridgehead atoms.